The topological polar surface area (TPSA) is 104 Å². The lowest BCUT2D eigenvalue weighted by Crippen LogP contribution is -2.43. The second-order valence-corrected chi connectivity index (χ2v) is 12.1. The summed E-state index contributed by atoms with van der Waals surface area (Å²) in [4.78, 5) is 50.2. The van der Waals surface area contributed by atoms with Crippen LogP contribution in [0.3, 0.4) is 0 Å². The molecule has 2 aliphatic heterocycles. The molecule has 3 aliphatic rings. The fourth-order valence-corrected chi connectivity index (χ4v) is 7.46. The summed E-state index contributed by atoms with van der Waals surface area (Å²) in [6.07, 6.45) is 9.36. The minimum atomic E-state index is -1.48. The van der Waals surface area contributed by atoms with Crippen LogP contribution in [0.4, 0.5) is 15.3 Å². The van der Waals surface area contributed by atoms with Crippen LogP contribution in [-0.4, -0.2) is 52.1 Å². The second kappa shape index (κ2) is 12.1. The van der Waals surface area contributed by atoms with Gasteiger partial charge in [0, 0.05) is 42.2 Å². The van der Waals surface area contributed by atoms with Gasteiger partial charge in [-0.1, -0.05) is 62.1 Å². The number of halogens is 1. The first-order valence-electron chi connectivity index (χ1n) is 14.6. The van der Waals surface area contributed by atoms with Crippen molar-refractivity contribution in [3.8, 4) is 22.4 Å². The van der Waals surface area contributed by atoms with E-state index in [1.807, 2.05) is 41.8 Å². The summed E-state index contributed by atoms with van der Waals surface area (Å²) >= 11 is 1.37. The summed E-state index contributed by atoms with van der Waals surface area (Å²) in [6.45, 7) is 0.658. The van der Waals surface area contributed by atoms with Crippen molar-refractivity contribution < 1.29 is 23.9 Å². The molecule has 4 heterocycles. The molecule has 8 nitrogen and oxygen atoms in total. The number of amides is 2. The van der Waals surface area contributed by atoms with E-state index in [2.05, 4.69) is 11.1 Å². The lowest BCUT2D eigenvalue weighted by molar-refractivity contribution is -0.142. The zero-order valence-corrected chi connectivity index (χ0v) is 24.0. The van der Waals surface area contributed by atoms with Gasteiger partial charge < -0.3 is 5.11 Å². The highest BCUT2D eigenvalue weighted by atomic mass is 32.1. The number of aliphatic carboxylic acids is 1. The second-order valence-electron chi connectivity index (χ2n) is 11.3. The van der Waals surface area contributed by atoms with Crippen LogP contribution < -0.4 is 9.80 Å². The maximum atomic E-state index is 14.0. The molecule has 1 saturated heterocycles. The number of allylic oxidation sites excluding steroid dienone is 1. The number of carboxylic acid groups (broad SMARTS) is 1. The Morgan fingerprint density at radius 3 is 2.48 bits per heavy atom. The largest absolute Gasteiger partial charge is 0.481 e. The Bertz CT molecular complexity index is 1500. The molecule has 2 amide bonds. The number of benzene rings is 1. The van der Waals surface area contributed by atoms with E-state index in [-0.39, 0.29) is 24.7 Å². The molecule has 1 aliphatic carbocycles. The third kappa shape index (κ3) is 5.60. The maximum Gasteiger partial charge on any atom is 0.304 e. The molecule has 2 fully saturated rings. The summed E-state index contributed by atoms with van der Waals surface area (Å²) < 4.78 is 13.7. The summed E-state index contributed by atoms with van der Waals surface area (Å²) in [5.41, 5.74) is 3.26. The molecule has 2 aromatic heterocycles. The molecule has 6 rings (SSSR count). The molecule has 0 spiro atoms. The van der Waals surface area contributed by atoms with Crippen molar-refractivity contribution in [1.29, 1.82) is 0 Å². The monoisotopic (exact) mass is 588 g/mol. The number of pyridine rings is 1. The van der Waals surface area contributed by atoms with E-state index < -0.39 is 24.0 Å². The number of aromatic nitrogens is 2. The highest BCUT2D eigenvalue weighted by Gasteiger charge is 2.40. The number of hydrogen-bond acceptors (Lipinski definition) is 6. The fourth-order valence-electron chi connectivity index (χ4n) is 6.62. The van der Waals surface area contributed by atoms with Crippen LogP contribution in [0.1, 0.15) is 44.9 Å². The quantitative estimate of drug-likeness (QED) is 0.333. The number of carbonyl (C=O) groups excluding carboxylic acids is 2. The van der Waals surface area contributed by atoms with Crippen LogP contribution in [0.15, 0.2) is 60.1 Å². The predicted molar refractivity (Wildman–Crippen MR) is 160 cm³/mol. The minimum absolute atomic E-state index is 0.0115. The van der Waals surface area contributed by atoms with Crippen molar-refractivity contribution in [1.82, 2.24) is 9.97 Å². The molecule has 10 heteroatoms. The summed E-state index contributed by atoms with van der Waals surface area (Å²) in [6, 6.07) is 11.3. The number of hydrogen-bond donors (Lipinski definition) is 1. The molecule has 0 radical (unpaired) electrons. The molecule has 218 valence electrons. The van der Waals surface area contributed by atoms with Crippen LogP contribution in [-0.2, 0) is 14.4 Å². The van der Waals surface area contributed by atoms with Crippen molar-refractivity contribution >= 4 is 40.1 Å². The molecule has 3 atom stereocenters. The first-order valence-corrected chi connectivity index (χ1v) is 15.4. The predicted octanol–water partition coefficient (Wildman–Crippen LogP) is 6.14. The molecular formula is C32H33FN4O4S. The smallest absolute Gasteiger partial charge is 0.304 e. The van der Waals surface area contributed by atoms with E-state index in [9.17, 15) is 23.9 Å². The van der Waals surface area contributed by atoms with E-state index in [0.717, 1.165) is 48.8 Å². The van der Waals surface area contributed by atoms with Crippen molar-refractivity contribution in [3.63, 3.8) is 0 Å². The highest BCUT2D eigenvalue weighted by molar-refractivity contribution is 7.14. The van der Waals surface area contributed by atoms with Gasteiger partial charge in [0.1, 0.15) is 5.82 Å². The maximum absolute atomic E-state index is 14.0. The molecule has 42 heavy (non-hydrogen) atoms. The average molecular weight is 589 g/mol. The Hall–Kier alpha value is -3.92. The number of anilines is 2. The van der Waals surface area contributed by atoms with Gasteiger partial charge in [0.05, 0.1) is 18.0 Å². The average Bonchev–Trinajstić information content (AvgIpc) is 3.76. The third-order valence-electron chi connectivity index (χ3n) is 8.76. The number of thiazole rings is 1. The lowest BCUT2D eigenvalue weighted by Gasteiger charge is -2.34. The molecule has 1 aromatic carbocycles. The third-order valence-corrected chi connectivity index (χ3v) is 9.63. The molecule has 0 bridgehead atoms. The van der Waals surface area contributed by atoms with Gasteiger partial charge in [-0.25, -0.2) is 14.4 Å². The Kier molecular flexibility index (Phi) is 8.15. The standard InChI is InChI=1S/C32H33FN4O4S/c33-26-14-16-36(31(26)41)28-13-12-21(18-34-28)23-9-3-4-11-24(23)27-19-42-32(35-27)37-15-6-5-10-22(20-7-1-2-8-20)25(30(37)40)17-29(38)39/h3-6,9,11-13,18-20,22,25-26H,1-2,7-8,10,14-17H2,(H,38,39)/b6-5-/t22-,25+,26+/m1/s1. The SMILES string of the molecule is O=C(O)C[C@@H]1C(=O)N(c2nc(-c3ccccc3-c3ccc(N4CC[C@H](F)C4=O)nc3)cs2)C/C=C\C[C@@H]1C1CCCC1. The summed E-state index contributed by atoms with van der Waals surface area (Å²) in [5, 5.41) is 12.2. The van der Waals surface area contributed by atoms with Gasteiger partial charge in [0.2, 0.25) is 5.91 Å². The molecule has 1 saturated carbocycles. The number of carboxylic acids is 1. The first-order chi connectivity index (χ1) is 20.4. The number of rotatable bonds is 7. The van der Waals surface area contributed by atoms with Gasteiger partial charge in [-0.3, -0.25) is 24.2 Å². The van der Waals surface area contributed by atoms with E-state index in [1.54, 1.807) is 17.2 Å². The van der Waals surface area contributed by atoms with Crippen LogP contribution in [0.5, 0.6) is 0 Å². The van der Waals surface area contributed by atoms with Gasteiger partial charge in [-0.2, -0.15) is 0 Å². The summed E-state index contributed by atoms with van der Waals surface area (Å²) in [7, 11) is 0. The van der Waals surface area contributed by atoms with Crippen molar-refractivity contribution in [2.24, 2.45) is 17.8 Å². The fraction of sp³-hybridized carbons (Fsp3) is 0.406. The Labute approximate surface area is 247 Å². The number of nitrogens with zero attached hydrogens (tertiary/aromatic N) is 4. The lowest BCUT2D eigenvalue weighted by atomic mass is 9.75. The van der Waals surface area contributed by atoms with E-state index in [0.29, 0.717) is 35.7 Å². The van der Waals surface area contributed by atoms with E-state index in [4.69, 9.17) is 4.98 Å². The summed E-state index contributed by atoms with van der Waals surface area (Å²) in [5.74, 6) is -1.46. The van der Waals surface area contributed by atoms with Crippen LogP contribution >= 0.6 is 11.3 Å². The van der Waals surface area contributed by atoms with Crippen LogP contribution in [0.25, 0.3) is 22.4 Å². The molecule has 3 aromatic rings. The van der Waals surface area contributed by atoms with Crippen LogP contribution in [0.2, 0.25) is 0 Å². The normalized spacial score (nSPS) is 24.2. The van der Waals surface area contributed by atoms with Crippen molar-refractivity contribution in [3.05, 3.63) is 60.1 Å². The Morgan fingerprint density at radius 1 is 1.00 bits per heavy atom. The molecular weight excluding hydrogens is 555 g/mol. The molecule has 0 unspecified atom stereocenters. The van der Waals surface area contributed by atoms with E-state index in [1.165, 1.54) is 16.2 Å². The van der Waals surface area contributed by atoms with Gasteiger partial charge in [-0.15, -0.1) is 11.3 Å². The number of alkyl halides is 1. The van der Waals surface area contributed by atoms with Gasteiger partial charge in [0.25, 0.3) is 5.91 Å². The van der Waals surface area contributed by atoms with Gasteiger partial charge in [0.15, 0.2) is 11.3 Å². The van der Waals surface area contributed by atoms with Crippen molar-refractivity contribution in [2.75, 3.05) is 22.9 Å². The Morgan fingerprint density at radius 2 is 1.79 bits per heavy atom. The Balaban J connectivity index is 1.28. The van der Waals surface area contributed by atoms with Crippen LogP contribution in [0, 0.1) is 17.8 Å². The zero-order valence-electron chi connectivity index (χ0n) is 23.2. The zero-order chi connectivity index (χ0) is 29.2. The van der Waals surface area contributed by atoms with Gasteiger partial charge in [-0.05, 0) is 36.0 Å². The minimum Gasteiger partial charge on any atom is -0.481 e. The van der Waals surface area contributed by atoms with Crippen molar-refractivity contribution in [2.45, 2.75) is 51.1 Å². The first kappa shape index (κ1) is 28.2. The van der Waals surface area contributed by atoms with Gasteiger partial charge >= 0.3 is 5.97 Å². The number of carbonyl (C=O) groups is 3. The van der Waals surface area contributed by atoms with E-state index >= 15 is 0 Å². The molecule has 1 N–H and O–H groups in total. The highest BCUT2D eigenvalue weighted by Crippen LogP contribution is 2.41.